The molecule has 2 aliphatic heterocycles. The van der Waals surface area contributed by atoms with Crippen molar-refractivity contribution >= 4 is 29.1 Å². The predicted molar refractivity (Wildman–Crippen MR) is 168 cm³/mol. The molecule has 5 heteroatoms. The van der Waals surface area contributed by atoms with Crippen LogP contribution in [0.4, 0.5) is 5.69 Å². The lowest BCUT2D eigenvalue weighted by Gasteiger charge is -2.37. The Morgan fingerprint density at radius 3 is 2.09 bits per heavy atom. The quantitative estimate of drug-likeness (QED) is 0.182. The molecule has 0 radical (unpaired) electrons. The third-order valence-corrected chi connectivity index (χ3v) is 9.34. The first-order chi connectivity index (χ1) is 20.9. The molecule has 1 saturated heterocycles. The molecule has 43 heavy (non-hydrogen) atoms. The molecule has 0 amide bonds. The Kier molecular flexibility index (Phi) is 6.42. The van der Waals surface area contributed by atoms with Crippen LogP contribution in [0.3, 0.4) is 0 Å². The summed E-state index contributed by atoms with van der Waals surface area (Å²) in [6.07, 6.45) is 4.86. The number of rotatable bonds is 6. The van der Waals surface area contributed by atoms with E-state index in [2.05, 4.69) is 18.7 Å². The molecule has 0 saturated carbocycles. The number of hydrogen-bond acceptors (Lipinski definition) is 5. The van der Waals surface area contributed by atoms with Crippen LogP contribution in [0.25, 0.3) is 6.08 Å². The lowest BCUT2D eigenvalue weighted by Crippen LogP contribution is -2.48. The van der Waals surface area contributed by atoms with Crippen molar-refractivity contribution in [2.75, 3.05) is 12.0 Å². The van der Waals surface area contributed by atoms with Crippen LogP contribution in [0, 0.1) is 11.3 Å². The molecule has 0 aromatic heterocycles. The number of fused-ring (bicyclic) bond motifs is 5. The summed E-state index contributed by atoms with van der Waals surface area (Å²) in [7, 11) is 1.60. The van der Waals surface area contributed by atoms with Crippen molar-refractivity contribution < 1.29 is 19.1 Å². The Labute approximate surface area is 251 Å². The van der Waals surface area contributed by atoms with Gasteiger partial charge in [0.1, 0.15) is 17.2 Å². The number of ketones is 3. The lowest BCUT2D eigenvalue weighted by molar-refractivity contribution is 0.0666. The number of benzene rings is 4. The number of Topliss-reactive ketones (excluding diaryl/α,β-unsaturated/α-hetero) is 3. The van der Waals surface area contributed by atoms with Gasteiger partial charge >= 0.3 is 0 Å². The number of carbonyl (C=O) groups excluding carboxylic acids is 3. The summed E-state index contributed by atoms with van der Waals surface area (Å²) in [4.78, 5) is 46.4. The van der Waals surface area contributed by atoms with Crippen LogP contribution in [-0.2, 0) is 6.42 Å². The van der Waals surface area contributed by atoms with Gasteiger partial charge in [-0.15, -0.1) is 0 Å². The molecule has 5 nitrogen and oxygen atoms in total. The fourth-order valence-electron chi connectivity index (χ4n) is 7.55. The van der Waals surface area contributed by atoms with E-state index >= 15 is 0 Å². The average molecular weight is 568 g/mol. The third kappa shape index (κ3) is 3.94. The standard InChI is InChI=1S/C38H33NO4/c1-23(2)22-24-12-14-27(15-13-24)35(40)34-33(26-16-19-28(43-3)20-17-26)38(36(41)29-9-5-6-10-30(29)37(38)42)32-21-18-25-8-4-7-11-31(25)39(32)34/h4-21,23,32-34H,22H2,1-3H3. The zero-order valence-electron chi connectivity index (χ0n) is 24.5. The van der Waals surface area contributed by atoms with Crippen molar-refractivity contribution in [3.63, 3.8) is 0 Å². The van der Waals surface area contributed by atoms with Gasteiger partial charge in [-0.25, -0.2) is 0 Å². The third-order valence-electron chi connectivity index (χ3n) is 9.34. The van der Waals surface area contributed by atoms with E-state index < -0.39 is 23.4 Å². The van der Waals surface area contributed by atoms with Gasteiger partial charge in [0.25, 0.3) is 0 Å². The Bertz CT molecular complexity index is 1750. The summed E-state index contributed by atoms with van der Waals surface area (Å²) >= 11 is 0. The van der Waals surface area contributed by atoms with Gasteiger partial charge in [0.2, 0.25) is 0 Å². The number of ether oxygens (including phenoxy) is 1. The van der Waals surface area contributed by atoms with Crippen LogP contribution in [0.2, 0.25) is 0 Å². The zero-order chi connectivity index (χ0) is 29.9. The highest BCUT2D eigenvalue weighted by Crippen LogP contribution is 2.61. The molecule has 0 N–H and O–H groups in total. The molecular weight excluding hydrogens is 534 g/mol. The van der Waals surface area contributed by atoms with Crippen molar-refractivity contribution in [3.05, 3.63) is 137 Å². The monoisotopic (exact) mass is 567 g/mol. The van der Waals surface area contributed by atoms with Crippen LogP contribution in [0.1, 0.15) is 67.5 Å². The largest absolute Gasteiger partial charge is 0.497 e. The normalized spacial score (nSPS) is 21.2. The molecule has 2 heterocycles. The minimum atomic E-state index is -1.51. The summed E-state index contributed by atoms with van der Waals surface area (Å²) in [6, 6.07) is 28.8. The SMILES string of the molecule is COc1ccc(C2C(C(=O)c3ccc(CC(C)C)cc3)N3c4ccccc4C=CC3C23C(=O)c2ccccc2C3=O)cc1. The smallest absolute Gasteiger partial charge is 0.185 e. The summed E-state index contributed by atoms with van der Waals surface area (Å²) in [6.45, 7) is 4.34. The molecule has 0 bridgehead atoms. The Hall–Kier alpha value is -4.77. The van der Waals surface area contributed by atoms with Gasteiger partial charge in [0, 0.05) is 28.3 Å². The first kappa shape index (κ1) is 27.1. The van der Waals surface area contributed by atoms with E-state index in [0.717, 1.165) is 23.2 Å². The van der Waals surface area contributed by atoms with Crippen molar-refractivity contribution in [3.8, 4) is 5.75 Å². The van der Waals surface area contributed by atoms with Crippen LogP contribution >= 0.6 is 0 Å². The van der Waals surface area contributed by atoms with Gasteiger partial charge in [-0.2, -0.15) is 0 Å². The van der Waals surface area contributed by atoms with Crippen molar-refractivity contribution in [1.82, 2.24) is 0 Å². The van der Waals surface area contributed by atoms with Gasteiger partial charge in [-0.3, -0.25) is 14.4 Å². The van der Waals surface area contributed by atoms with E-state index in [1.165, 1.54) is 5.56 Å². The molecule has 4 aromatic rings. The van der Waals surface area contributed by atoms with E-state index in [1.807, 2.05) is 84.9 Å². The van der Waals surface area contributed by atoms with E-state index in [0.29, 0.717) is 28.4 Å². The average Bonchev–Trinajstić information content (AvgIpc) is 3.47. The second-order valence-corrected chi connectivity index (χ2v) is 12.2. The van der Waals surface area contributed by atoms with Gasteiger partial charge in [-0.1, -0.05) is 105 Å². The first-order valence-corrected chi connectivity index (χ1v) is 14.9. The second-order valence-electron chi connectivity index (χ2n) is 12.2. The summed E-state index contributed by atoms with van der Waals surface area (Å²) in [5, 5.41) is 0. The second kappa shape index (κ2) is 10.2. The van der Waals surface area contributed by atoms with E-state index in [1.54, 1.807) is 31.4 Å². The Morgan fingerprint density at radius 1 is 0.837 bits per heavy atom. The topological polar surface area (TPSA) is 63.7 Å². The molecule has 1 fully saturated rings. The zero-order valence-corrected chi connectivity index (χ0v) is 24.5. The Balaban J connectivity index is 1.48. The molecule has 3 atom stereocenters. The van der Waals surface area contributed by atoms with E-state index in [4.69, 9.17) is 4.74 Å². The van der Waals surface area contributed by atoms with E-state index in [-0.39, 0.29) is 17.3 Å². The van der Waals surface area contributed by atoms with Gasteiger partial charge in [-0.05, 0) is 47.2 Å². The van der Waals surface area contributed by atoms with Crippen LogP contribution in [-0.4, -0.2) is 36.5 Å². The number of para-hydroxylation sites is 1. The highest BCUT2D eigenvalue weighted by molar-refractivity contribution is 6.32. The number of hydrogen-bond donors (Lipinski definition) is 0. The van der Waals surface area contributed by atoms with Crippen molar-refractivity contribution in [2.45, 2.75) is 38.3 Å². The molecule has 3 unspecified atom stereocenters. The Morgan fingerprint density at radius 2 is 1.47 bits per heavy atom. The molecule has 4 aromatic carbocycles. The number of carbonyl (C=O) groups is 3. The van der Waals surface area contributed by atoms with Crippen LogP contribution in [0.5, 0.6) is 5.75 Å². The van der Waals surface area contributed by atoms with Crippen LogP contribution < -0.4 is 9.64 Å². The molecule has 3 aliphatic rings. The minimum absolute atomic E-state index is 0.111. The molecule has 214 valence electrons. The fourth-order valence-corrected chi connectivity index (χ4v) is 7.55. The molecule has 1 spiro atoms. The summed E-state index contributed by atoms with van der Waals surface area (Å²) in [5.41, 5.74) is 3.61. The van der Waals surface area contributed by atoms with Gasteiger partial charge < -0.3 is 9.64 Å². The fraction of sp³-hybridized carbons (Fsp3) is 0.237. The highest BCUT2D eigenvalue weighted by atomic mass is 16.5. The minimum Gasteiger partial charge on any atom is -0.497 e. The maximum atomic E-state index is 14.9. The number of methoxy groups -OCH3 is 1. The van der Waals surface area contributed by atoms with Crippen LogP contribution in [0.15, 0.2) is 103 Å². The predicted octanol–water partition coefficient (Wildman–Crippen LogP) is 7.21. The lowest BCUT2D eigenvalue weighted by atomic mass is 9.64. The first-order valence-electron chi connectivity index (χ1n) is 14.9. The van der Waals surface area contributed by atoms with Crippen molar-refractivity contribution in [2.24, 2.45) is 11.3 Å². The van der Waals surface area contributed by atoms with E-state index in [9.17, 15) is 14.4 Å². The molecular formula is C38H33NO4. The number of nitrogens with zero attached hydrogens (tertiary/aromatic N) is 1. The van der Waals surface area contributed by atoms with Gasteiger partial charge in [0.15, 0.2) is 17.3 Å². The molecule has 1 aliphatic carbocycles. The summed E-state index contributed by atoms with van der Waals surface area (Å²) < 4.78 is 5.44. The maximum absolute atomic E-state index is 14.9. The maximum Gasteiger partial charge on any atom is 0.185 e. The summed E-state index contributed by atoms with van der Waals surface area (Å²) in [5.74, 6) is -0.148. The van der Waals surface area contributed by atoms with Gasteiger partial charge in [0.05, 0.1) is 13.2 Å². The van der Waals surface area contributed by atoms with Crippen molar-refractivity contribution in [1.29, 1.82) is 0 Å². The number of anilines is 1. The highest BCUT2D eigenvalue weighted by Gasteiger charge is 2.71. The molecule has 7 rings (SSSR count).